The van der Waals surface area contributed by atoms with Crippen molar-refractivity contribution in [1.82, 2.24) is 5.32 Å². The number of carbonyl (C=O) groups excluding carboxylic acids is 1. The van der Waals surface area contributed by atoms with Gasteiger partial charge in [0.2, 0.25) is 0 Å². The number of benzene rings is 2. The molecular weight excluding hydrogens is 264 g/mol. The van der Waals surface area contributed by atoms with Crippen molar-refractivity contribution in [2.24, 2.45) is 0 Å². The molecule has 0 saturated heterocycles. The molecule has 2 aromatic carbocycles. The van der Waals surface area contributed by atoms with Crippen molar-refractivity contribution >= 4 is 11.6 Å². The standard InChI is InChI=1S/C17H20N2O2/c20-13-19-17(21)15-10-8-14(9-11-15)5-4-12-18-16-6-2-1-3-7-16/h1-3,6-11,18,20H,4-5,12-13H2,(H,19,21). The van der Waals surface area contributed by atoms with Crippen molar-refractivity contribution < 1.29 is 9.90 Å². The molecular formula is C17H20N2O2. The van der Waals surface area contributed by atoms with Gasteiger partial charge in [-0.15, -0.1) is 0 Å². The second-order valence-corrected chi connectivity index (χ2v) is 4.76. The summed E-state index contributed by atoms with van der Waals surface area (Å²) in [5.41, 5.74) is 2.90. The summed E-state index contributed by atoms with van der Waals surface area (Å²) in [6, 6.07) is 17.6. The summed E-state index contributed by atoms with van der Waals surface area (Å²) in [5, 5.41) is 14.4. The maximum atomic E-state index is 11.5. The number of aryl methyl sites for hydroxylation is 1. The van der Waals surface area contributed by atoms with Gasteiger partial charge >= 0.3 is 0 Å². The van der Waals surface area contributed by atoms with Crippen LogP contribution in [0, 0.1) is 0 Å². The van der Waals surface area contributed by atoms with Gasteiger partial charge in [-0.05, 0) is 42.7 Å². The molecule has 0 unspecified atom stereocenters. The third kappa shape index (κ3) is 4.93. The molecule has 0 aliphatic rings. The summed E-state index contributed by atoms with van der Waals surface area (Å²) < 4.78 is 0. The van der Waals surface area contributed by atoms with E-state index in [0.717, 1.165) is 25.1 Å². The van der Waals surface area contributed by atoms with E-state index in [1.165, 1.54) is 5.56 Å². The normalized spacial score (nSPS) is 10.1. The monoisotopic (exact) mass is 284 g/mol. The fourth-order valence-electron chi connectivity index (χ4n) is 2.08. The molecule has 110 valence electrons. The van der Waals surface area contributed by atoms with Crippen molar-refractivity contribution in [2.45, 2.75) is 12.8 Å². The molecule has 0 heterocycles. The lowest BCUT2D eigenvalue weighted by Crippen LogP contribution is -2.23. The van der Waals surface area contributed by atoms with Crippen LogP contribution in [0.25, 0.3) is 0 Å². The molecule has 0 aliphatic heterocycles. The van der Waals surface area contributed by atoms with E-state index in [9.17, 15) is 4.79 Å². The lowest BCUT2D eigenvalue weighted by atomic mass is 10.1. The Hall–Kier alpha value is -2.33. The van der Waals surface area contributed by atoms with Gasteiger partial charge in [0.25, 0.3) is 5.91 Å². The number of aliphatic hydroxyl groups excluding tert-OH is 1. The SMILES string of the molecule is O=C(NCO)c1ccc(CCCNc2ccccc2)cc1. The van der Waals surface area contributed by atoms with Gasteiger partial charge < -0.3 is 15.7 Å². The van der Waals surface area contributed by atoms with Crippen LogP contribution in [0.3, 0.4) is 0 Å². The molecule has 0 radical (unpaired) electrons. The molecule has 0 spiro atoms. The molecule has 21 heavy (non-hydrogen) atoms. The van der Waals surface area contributed by atoms with Gasteiger partial charge in [0.15, 0.2) is 0 Å². The number of para-hydroxylation sites is 1. The largest absolute Gasteiger partial charge is 0.385 e. The minimum Gasteiger partial charge on any atom is -0.385 e. The molecule has 2 aromatic rings. The van der Waals surface area contributed by atoms with Crippen LogP contribution in [0.5, 0.6) is 0 Å². The maximum Gasteiger partial charge on any atom is 0.253 e. The zero-order valence-electron chi connectivity index (χ0n) is 11.9. The van der Waals surface area contributed by atoms with E-state index in [-0.39, 0.29) is 12.6 Å². The first kappa shape index (κ1) is 15.1. The number of rotatable bonds is 7. The van der Waals surface area contributed by atoms with E-state index in [0.29, 0.717) is 5.56 Å². The van der Waals surface area contributed by atoms with Crippen LogP contribution in [-0.4, -0.2) is 24.3 Å². The molecule has 4 nitrogen and oxygen atoms in total. The van der Waals surface area contributed by atoms with E-state index in [1.807, 2.05) is 30.3 Å². The van der Waals surface area contributed by atoms with Crippen LogP contribution in [0.15, 0.2) is 54.6 Å². The van der Waals surface area contributed by atoms with E-state index < -0.39 is 0 Å². The Morgan fingerprint density at radius 2 is 1.71 bits per heavy atom. The summed E-state index contributed by atoms with van der Waals surface area (Å²) in [7, 11) is 0. The van der Waals surface area contributed by atoms with Crippen molar-refractivity contribution in [3.05, 3.63) is 65.7 Å². The average molecular weight is 284 g/mol. The average Bonchev–Trinajstić information content (AvgIpc) is 2.53. The van der Waals surface area contributed by atoms with Crippen molar-refractivity contribution in [1.29, 1.82) is 0 Å². The molecule has 0 saturated carbocycles. The third-order valence-electron chi connectivity index (χ3n) is 3.20. The van der Waals surface area contributed by atoms with Crippen LogP contribution in [-0.2, 0) is 6.42 Å². The number of amides is 1. The Bertz CT molecular complexity index is 553. The predicted octanol–water partition coefficient (Wildman–Crippen LogP) is 2.41. The lowest BCUT2D eigenvalue weighted by Gasteiger charge is -2.07. The lowest BCUT2D eigenvalue weighted by molar-refractivity contribution is 0.0910. The first-order chi connectivity index (χ1) is 10.3. The summed E-state index contributed by atoms with van der Waals surface area (Å²) in [4.78, 5) is 11.5. The topological polar surface area (TPSA) is 61.4 Å². The molecule has 0 atom stereocenters. The van der Waals surface area contributed by atoms with Gasteiger partial charge in [-0.25, -0.2) is 0 Å². The van der Waals surface area contributed by atoms with Crippen molar-refractivity contribution in [3.63, 3.8) is 0 Å². The fourth-order valence-corrected chi connectivity index (χ4v) is 2.08. The van der Waals surface area contributed by atoms with E-state index in [2.05, 4.69) is 22.8 Å². The zero-order valence-corrected chi connectivity index (χ0v) is 11.9. The number of aliphatic hydroxyl groups is 1. The van der Waals surface area contributed by atoms with Crippen LogP contribution in [0.4, 0.5) is 5.69 Å². The molecule has 2 rings (SSSR count). The van der Waals surface area contributed by atoms with E-state index in [4.69, 9.17) is 5.11 Å². The highest BCUT2D eigenvalue weighted by Gasteiger charge is 2.03. The van der Waals surface area contributed by atoms with Crippen LogP contribution in [0.2, 0.25) is 0 Å². The maximum absolute atomic E-state index is 11.5. The second-order valence-electron chi connectivity index (χ2n) is 4.76. The molecule has 0 aliphatic carbocycles. The first-order valence-electron chi connectivity index (χ1n) is 7.06. The van der Waals surface area contributed by atoms with Gasteiger partial charge in [-0.3, -0.25) is 4.79 Å². The molecule has 0 bridgehead atoms. The number of nitrogens with one attached hydrogen (secondary N) is 2. The van der Waals surface area contributed by atoms with E-state index in [1.54, 1.807) is 12.1 Å². The van der Waals surface area contributed by atoms with Crippen LogP contribution in [0.1, 0.15) is 22.3 Å². The van der Waals surface area contributed by atoms with Crippen molar-refractivity contribution in [2.75, 3.05) is 18.6 Å². The number of hydrogen-bond acceptors (Lipinski definition) is 3. The van der Waals surface area contributed by atoms with Gasteiger partial charge in [0.1, 0.15) is 6.73 Å². The van der Waals surface area contributed by atoms with Gasteiger partial charge in [0, 0.05) is 17.8 Å². The van der Waals surface area contributed by atoms with Crippen molar-refractivity contribution in [3.8, 4) is 0 Å². The van der Waals surface area contributed by atoms with Crippen LogP contribution < -0.4 is 10.6 Å². The predicted molar refractivity (Wildman–Crippen MR) is 84.2 cm³/mol. The smallest absolute Gasteiger partial charge is 0.253 e. The highest BCUT2D eigenvalue weighted by atomic mass is 16.3. The molecule has 0 aromatic heterocycles. The summed E-state index contributed by atoms with van der Waals surface area (Å²) in [6.07, 6.45) is 1.98. The van der Waals surface area contributed by atoms with Gasteiger partial charge in [-0.1, -0.05) is 30.3 Å². The van der Waals surface area contributed by atoms with Gasteiger partial charge in [0.05, 0.1) is 0 Å². The van der Waals surface area contributed by atoms with E-state index >= 15 is 0 Å². The summed E-state index contributed by atoms with van der Waals surface area (Å²) in [5.74, 6) is -0.255. The quantitative estimate of drug-likeness (QED) is 0.540. The molecule has 0 fully saturated rings. The number of carbonyl (C=O) groups is 1. The molecule has 3 N–H and O–H groups in total. The van der Waals surface area contributed by atoms with Crippen LogP contribution >= 0.6 is 0 Å². The Balaban J connectivity index is 1.75. The first-order valence-corrected chi connectivity index (χ1v) is 7.06. The minimum absolute atomic E-state index is 0.255. The Labute approximate surface area is 124 Å². The second kappa shape index (κ2) is 8.07. The number of hydrogen-bond donors (Lipinski definition) is 3. The molecule has 1 amide bonds. The summed E-state index contributed by atoms with van der Waals surface area (Å²) in [6.45, 7) is 0.572. The highest BCUT2D eigenvalue weighted by Crippen LogP contribution is 2.08. The zero-order chi connectivity index (χ0) is 14.9. The Kier molecular flexibility index (Phi) is 5.79. The van der Waals surface area contributed by atoms with Gasteiger partial charge in [-0.2, -0.15) is 0 Å². The third-order valence-corrected chi connectivity index (χ3v) is 3.20. The Morgan fingerprint density at radius 3 is 2.38 bits per heavy atom. The Morgan fingerprint density at radius 1 is 1.00 bits per heavy atom. The summed E-state index contributed by atoms with van der Waals surface area (Å²) >= 11 is 0. The minimum atomic E-state index is -0.342. The number of anilines is 1. The highest BCUT2D eigenvalue weighted by molar-refractivity contribution is 5.94. The fraction of sp³-hybridized carbons (Fsp3) is 0.235. The molecule has 4 heteroatoms.